The molecule has 4 heteroatoms. The Bertz CT molecular complexity index is 172. The predicted molar refractivity (Wildman–Crippen MR) is 36.1 cm³/mol. The van der Waals surface area contributed by atoms with E-state index in [9.17, 15) is 5.11 Å². The van der Waals surface area contributed by atoms with Gasteiger partial charge in [0.1, 0.15) is 17.8 Å². The van der Waals surface area contributed by atoms with Crippen molar-refractivity contribution >= 4 is 0 Å². The highest BCUT2D eigenvalue weighted by Gasteiger charge is 2.60. The van der Waals surface area contributed by atoms with E-state index < -0.39 is 11.7 Å². The molecule has 0 aromatic carbocycles. The minimum atomic E-state index is -0.843. The Balaban J connectivity index is 2.28. The number of aliphatic hydroxyl groups excluding tert-OH is 2. The lowest BCUT2D eigenvalue weighted by molar-refractivity contribution is -0.160. The average molecular weight is 160 g/mol. The van der Waals surface area contributed by atoms with Crippen molar-refractivity contribution in [2.75, 3.05) is 13.2 Å². The molecule has 64 valence electrons. The summed E-state index contributed by atoms with van der Waals surface area (Å²) in [5, 5.41) is 18.6. The van der Waals surface area contributed by atoms with Gasteiger partial charge in [-0.3, -0.25) is 0 Å². The van der Waals surface area contributed by atoms with Gasteiger partial charge in [0.2, 0.25) is 0 Å². The van der Waals surface area contributed by atoms with E-state index in [1.165, 1.54) is 0 Å². The second kappa shape index (κ2) is 2.17. The standard InChI is InChI=1S/C7H12O4/c1-4-7(3-8)6(9)5(11-4)2-10-7/h4-6,8-9H,2-3H2,1H3/t4-,5+,6+,7+/m1/s1. The highest BCUT2D eigenvalue weighted by molar-refractivity contribution is 5.07. The number of rotatable bonds is 1. The van der Waals surface area contributed by atoms with E-state index in [2.05, 4.69) is 0 Å². The largest absolute Gasteiger partial charge is 0.393 e. The molecule has 2 fully saturated rings. The normalized spacial score (nSPS) is 55.4. The number of ether oxygens (including phenoxy) is 2. The number of hydrogen-bond donors (Lipinski definition) is 2. The molecular formula is C7H12O4. The molecule has 0 radical (unpaired) electrons. The Kier molecular flexibility index (Phi) is 1.47. The monoisotopic (exact) mass is 160 g/mol. The summed E-state index contributed by atoms with van der Waals surface area (Å²) in [5.74, 6) is 0. The van der Waals surface area contributed by atoms with Crippen molar-refractivity contribution < 1.29 is 19.7 Å². The van der Waals surface area contributed by atoms with E-state index in [1.54, 1.807) is 6.92 Å². The van der Waals surface area contributed by atoms with E-state index in [1.807, 2.05) is 0 Å². The summed E-state index contributed by atoms with van der Waals surface area (Å²) in [6.07, 6.45) is -1.11. The van der Waals surface area contributed by atoms with Gasteiger partial charge in [0.25, 0.3) is 0 Å². The molecule has 11 heavy (non-hydrogen) atoms. The average Bonchev–Trinajstić information content (AvgIpc) is 2.42. The maximum Gasteiger partial charge on any atom is 0.145 e. The first-order valence-electron chi connectivity index (χ1n) is 3.79. The van der Waals surface area contributed by atoms with Crippen molar-refractivity contribution in [2.24, 2.45) is 0 Å². The minimum absolute atomic E-state index is 0.175. The summed E-state index contributed by atoms with van der Waals surface area (Å²) in [4.78, 5) is 0. The maximum absolute atomic E-state index is 9.54. The van der Waals surface area contributed by atoms with Crippen molar-refractivity contribution in [3.63, 3.8) is 0 Å². The zero-order valence-corrected chi connectivity index (χ0v) is 6.36. The van der Waals surface area contributed by atoms with Crippen LogP contribution in [0, 0.1) is 0 Å². The fraction of sp³-hybridized carbons (Fsp3) is 1.00. The Labute approximate surface area is 64.7 Å². The first-order chi connectivity index (χ1) is 5.20. The molecule has 0 aliphatic carbocycles. The molecule has 0 spiro atoms. The Morgan fingerprint density at radius 3 is 2.64 bits per heavy atom. The van der Waals surface area contributed by atoms with Gasteiger partial charge in [-0.15, -0.1) is 0 Å². The van der Waals surface area contributed by atoms with Crippen LogP contribution in [0.25, 0.3) is 0 Å². The smallest absolute Gasteiger partial charge is 0.145 e. The predicted octanol–water partition coefficient (Wildman–Crippen LogP) is -1.10. The molecule has 4 nitrogen and oxygen atoms in total. The van der Waals surface area contributed by atoms with E-state index >= 15 is 0 Å². The van der Waals surface area contributed by atoms with Crippen LogP contribution in [-0.4, -0.2) is 47.3 Å². The summed E-state index contributed by atoms with van der Waals surface area (Å²) in [6, 6.07) is 0. The second-order valence-electron chi connectivity index (χ2n) is 3.19. The van der Waals surface area contributed by atoms with E-state index in [-0.39, 0.29) is 18.8 Å². The van der Waals surface area contributed by atoms with Crippen LogP contribution in [0.4, 0.5) is 0 Å². The zero-order chi connectivity index (χ0) is 8.06. The van der Waals surface area contributed by atoms with Gasteiger partial charge in [0.05, 0.1) is 19.3 Å². The molecule has 4 atom stereocenters. The first-order valence-corrected chi connectivity index (χ1v) is 3.79. The summed E-state index contributed by atoms with van der Waals surface area (Å²) in [6.45, 7) is 2.02. The third-order valence-corrected chi connectivity index (χ3v) is 2.68. The summed E-state index contributed by atoms with van der Waals surface area (Å²) in [7, 11) is 0. The molecule has 2 aliphatic rings. The number of hydrogen-bond acceptors (Lipinski definition) is 4. The van der Waals surface area contributed by atoms with Crippen molar-refractivity contribution in [3.8, 4) is 0 Å². The van der Waals surface area contributed by atoms with Gasteiger partial charge >= 0.3 is 0 Å². The molecule has 0 aromatic heterocycles. The molecule has 2 aliphatic heterocycles. The molecule has 2 N–H and O–H groups in total. The molecule has 0 amide bonds. The van der Waals surface area contributed by atoms with E-state index in [0.717, 1.165) is 0 Å². The van der Waals surface area contributed by atoms with E-state index in [4.69, 9.17) is 14.6 Å². The van der Waals surface area contributed by atoms with Crippen molar-refractivity contribution in [3.05, 3.63) is 0 Å². The van der Waals surface area contributed by atoms with Crippen LogP contribution in [-0.2, 0) is 9.47 Å². The molecule has 2 saturated heterocycles. The van der Waals surface area contributed by atoms with Crippen molar-refractivity contribution in [2.45, 2.75) is 30.8 Å². The topological polar surface area (TPSA) is 58.9 Å². The highest BCUT2D eigenvalue weighted by Crippen LogP contribution is 2.40. The van der Waals surface area contributed by atoms with E-state index in [0.29, 0.717) is 6.61 Å². The van der Waals surface area contributed by atoms with Crippen molar-refractivity contribution in [1.29, 1.82) is 0 Å². The lowest BCUT2D eigenvalue weighted by Crippen LogP contribution is -2.48. The van der Waals surface area contributed by atoms with Crippen molar-refractivity contribution in [1.82, 2.24) is 0 Å². The maximum atomic E-state index is 9.54. The third-order valence-electron chi connectivity index (χ3n) is 2.68. The molecule has 0 saturated carbocycles. The van der Waals surface area contributed by atoms with Gasteiger partial charge in [-0.25, -0.2) is 0 Å². The number of aliphatic hydroxyl groups is 2. The SMILES string of the molecule is C[C@H]1O[C@H]2CO[C@]1(CO)[C@H]2O. The molecule has 2 rings (SSSR count). The highest BCUT2D eigenvalue weighted by atomic mass is 16.6. The molecule has 0 unspecified atom stereocenters. The fourth-order valence-electron chi connectivity index (χ4n) is 1.85. The zero-order valence-electron chi connectivity index (χ0n) is 6.36. The lowest BCUT2D eigenvalue weighted by Gasteiger charge is -2.30. The molecule has 2 heterocycles. The van der Waals surface area contributed by atoms with Crippen LogP contribution < -0.4 is 0 Å². The summed E-state index contributed by atoms with van der Waals surface area (Å²) in [5.41, 5.74) is -0.843. The van der Waals surface area contributed by atoms with Crippen LogP contribution in [0.1, 0.15) is 6.92 Å². The summed E-state index contributed by atoms with van der Waals surface area (Å²) < 4.78 is 10.6. The molecular weight excluding hydrogens is 148 g/mol. The van der Waals surface area contributed by atoms with Crippen LogP contribution in [0.15, 0.2) is 0 Å². The second-order valence-corrected chi connectivity index (χ2v) is 3.19. The van der Waals surface area contributed by atoms with Gasteiger partial charge in [-0.2, -0.15) is 0 Å². The van der Waals surface area contributed by atoms with Crippen LogP contribution >= 0.6 is 0 Å². The summed E-state index contributed by atoms with van der Waals surface area (Å²) >= 11 is 0. The third kappa shape index (κ3) is 0.727. The van der Waals surface area contributed by atoms with Crippen LogP contribution in [0.3, 0.4) is 0 Å². The van der Waals surface area contributed by atoms with Gasteiger partial charge in [0, 0.05) is 0 Å². The van der Waals surface area contributed by atoms with Gasteiger partial charge in [0.15, 0.2) is 0 Å². The van der Waals surface area contributed by atoms with Gasteiger partial charge in [-0.1, -0.05) is 0 Å². The first kappa shape index (κ1) is 7.49. The molecule has 0 aromatic rings. The Morgan fingerprint density at radius 1 is 1.64 bits per heavy atom. The van der Waals surface area contributed by atoms with Crippen LogP contribution in [0.5, 0.6) is 0 Å². The quantitative estimate of drug-likeness (QED) is 0.511. The minimum Gasteiger partial charge on any atom is -0.393 e. The number of fused-ring (bicyclic) bond motifs is 2. The van der Waals surface area contributed by atoms with Gasteiger partial charge in [-0.05, 0) is 6.92 Å². The van der Waals surface area contributed by atoms with Crippen LogP contribution in [0.2, 0.25) is 0 Å². The Morgan fingerprint density at radius 2 is 2.36 bits per heavy atom. The molecule has 2 bridgehead atoms. The Hall–Kier alpha value is -0.160. The lowest BCUT2D eigenvalue weighted by atomic mass is 9.95. The fourth-order valence-corrected chi connectivity index (χ4v) is 1.85. The van der Waals surface area contributed by atoms with Gasteiger partial charge < -0.3 is 19.7 Å².